The van der Waals surface area contributed by atoms with Crippen LogP contribution in [-0.4, -0.2) is 30.2 Å². The molecule has 0 fully saturated rings. The number of hydrogen-bond donors (Lipinski definition) is 2. The highest BCUT2D eigenvalue weighted by atomic mass is 16.2. The maximum atomic E-state index is 12.3. The zero-order valence-corrected chi connectivity index (χ0v) is 16.1. The molecule has 2 aromatic heterocycles. The Balaban J connectivity index is 1.38. The summed E-state index contributed by atoms with van der Waals surface area (Å²) in [5, 5.41) is 7.38. The summed E-state index contributed by atoms with van der Waals surface area (Å²) in [6, 6.07) is 14.7. The van der Waals surface area contributed by atoms with Crippen molar-refractivity contribution in [3.8, 4) is 0 Å². The van der Waals surface area contributed by atoms with Crippen LogP contribution in [0.2, 0.25) is 0 Å². The number of aromatic amines is 1. The van der Waals surface area contributed by atoms with E-state index in [1.54, 1.807) is 35.3 Å². The highest BCUT2D eigenvalue weighted by Crippen LogP contribution is 2.08. The Kier molecular flexibility index (Phi) is 5.51. The van der Waals surface area contributed by atoms with Gasteiger partial charge in [0.1, 0.15) is 12.7 Å². The number of hydrogen-bond acceptors (Lipinski definition) is 5. The second-order valence-corrected chi connectivity index (χ2v) is 6.87. The number of H-pyrrole nitrogens is 1. The number of nitrogens with zero attached hydrogens (tertiary/aromatic N) is 4. The van der Waals surface area contributed by atoms with E-state index in [-0.39, 0.29) is 18.9 Å². The number of carbonyl (C=O) groups excluding carboxylic acids is 1. The average molecular weight is 404 g/mol. The van der Waals surface area contributed by atoms with E-state index in [1.165, 1.54) is 10.9 Å². The smallest absolute Gasteiger partial charge is 0.328 e. The van der Waals surface area contributed by atoms with Gasteiger partial charge in [0.2, 0.25) is 5.91 Å². The van der Waals surface area contributed by atoms with Gasteiger partial charge in [-0.05, 0) is 23.3 Å². The van der Waals surface area contributed by atoms with Gasteiger partial charge in [-0.1, -0.05) is 36.4 Å². The monoisotopic (exact) mass is 404 g/mol. The molecule has 0 spiro atoms. The van der Waals surface area contributed by atoms with E-state index in [2.05, 4.69) is 20.4 Å². The van der Waals surface area contributed by atoms with Crippen molar-refractivity contribution in [2.45, 2.75) is 26.1 Å². The van der Waals surface area contributed by atoms with E-state index < -0.39 is 11.2 Å². The van der Waals surface area contributed by atoms with E-state index in [1.807, 2.05) is 24.3 Å². The van der Waals surface area contributed by atoms with Crippen molar-refractivity contribution in [2.75, 3.05) is 0 Å². The standard InChI is InChI=1S/C21H20N6O3/c28-19(8-9-27-18-7-2-1-6-17(18)20(29)25-21(27)30)23-11-15-4-3-5-16(10-15)12-26-14-22-13-24-26/h1-7,10,13-14H,8-9,11-12H2,(H,23,28)(H,25,29,30). The molecule has 0 aliphatic rings. The molecule has 4 aromatic rings. The van der Waals surface area contributed by atoms with Gasteiger partial charge in [0, 0.05) is 19.5 Å². The summed E-state index contributed by atoms with van der Waals surface area (Å²) in [5.41, 5.74) is 1.58. The molecule has 0 saturated carbocycles. The van der Waals surface area contributed by atoms with Gasteiger partial charge < -0.3 is 5.32 Å². The molecule has 0 aliphatic carbocycles. The third-order valence-electron chi connectivity index (χ3n) is 4.76. The van der Waals surface area contributed by atoms with E-state index in [9.17, 15) is 14.4 Å². The molecule has 4 rings (SSSR count). The van der Waals surface area contributed by atoms with Crippen LogP contribution in [0.4, 0.5) is 0 Å². The van der Waals surface area contributed by atoms with Gasteiger partial charge in [-0.2, -0.15) is 5.10 Å². The second-order valence-electron chi connectivity index (χ2n) is 6.87. The molecule has 0 saturated heterocycles. The van der Waals surface area contributed by atoms with Crippen LogP contribution in [0.5, 0.6) is 0 Å². The molecule has 0 aliphatic heterocycles. The van der Waals surface area contributed by atoms with E-state index in [4.69, 9.17) is 0 Å². The van der Waals surface area contributed by atoms with E-state index in [0.717, 1.165) is 11.1 Å². The Morgan fingerprint density at radius 1 is 1.07 bits per heavy atom. The van der Waals surface area contributed by atoms with Crippen molar-refractivity contribution in [1.82, 2.24) is 29.6 Å². The summed E-state index contributed by atoms with van der Waals surface area (Å²) in [4.78, 5) is 42.6. The minimum Gasteiger partial charge on any atom is -0.352 e. The van der Waals surface area contributed by atoms with Gasteiger partial charge in [-0.25, -0.2) is 14.5 Å². The predicted octanol–water partition coefficient (Wildman–Crippen LogP) is 1.04. The lowest BCUT2D eigenvalue weighted by molar-refractivity contribution is -0.121. The van der Waals surface area contributed by atoms with Crippen molar-refractivity contribution in [3.63, 3.8) is 0 Å². The SMILES string of the molecule is O=C(CCn1c(=O)[nH]c(=O)c2ccccc21)NCc1cccc(Cn2cncn2)c1. The van der Waals surface area contributed by atoms with Crippen LogP contribution in [0.1, 0.15) is 17.5 Å². The first kappa shape index (κ1) is 19.3. The molecule has 0 radical (unpaired) electrons. The highest BCUT2D eigenvalue weighted by Gasteiger charge is 2.09. The quantitative estimate of drug-likeness (QED) is 0.478. The van der Waals surface area contributed by atoms with Gasteiger partial charge in [0.25, 0.3) is 5.56 Å². The Labute approximate surface area is 171 Å². The summed E-state index contributed by atoms with van der Waals surface area (Å²) in [5.74, 6) is -0.182. The van der Waals surface area contributed by atoms with E-state index >= 15 is 0 Å². The third-order valence-corrected chi connectivity index (χ3v) is 4.76. The van der Waals surface area contributed by atoms with Crippen LogP contribution in [0, 0.1) is 0 Å². The minimum absolute atomic E-state index is 0.120. The zero-order valence-electron chi connectivity index (χ0n) is 16.1. The minimum atomic E-state index is -0.521. The third kappa shape index (κ3) is 4.35. The predicted molar refractivity (Wildman–Crippen MR) is 111 cm³/mol. The Morgan fingerprint density at radius 3 is 2.73 bits per heavy atom. The van der Waals surface area contributed by atoms with Crippen molar-refractivity contribution in [3.05, 3.63) is 93.2 Å². The molecule has 152 valence electrons. The van der Waals surface area contributed by atoms with Crippen molar-refractivity contribution in [1.29, 1.82) is 0 Å². The summed E-state index contributed by atoms with van der Waals surface area (Å²) in [6.07, 6.45) is 3.26. The number of aromatic nitrogens is 5. The largest absolute Gasteiger partial charge is 0.352 e. The number of fused-ring (bicyclic) bond motifs is 1. The second kappa shape index (κ2) is 8.56. The Bertz CT molecular complexity index is 1290. The number of carbonyl (C=O) groups is 1. The van der Waals surface area contributed by atoms with Gasteiger partial charge >= 0.3 is 5.69 Å². The van der Waals surface area contributed by atoms with Crippen molar-refractivity contribution in [2.24, 2.45) is 0 Å². The number of para-hydroxylation sites is 1. The summed E-state index contributed by atoms with van der Waals surface area (Å²) in [7, 11) is 0. The fourth-order valence-electron chi connectivity index (χ4n) is 3.31. The average Bonchev–Trinajstić information content (AvgIpc) is 3.25. The molecule has 30 heavy (non-hydrogen) atoms. The summed E-state index contributed by atoms with van der Waals surface area (Å²) >= 11 is 0. The summed E-state index contributed by atoms with van der Waals surface area (Å²) in [6.45, 7) is 1.16. The van der Waals surface area contributed by atoms with Crippen molar-refractivity contribution < 1.29 is 4.79 Å². The molecule has 0 bridgehead atoms. The topological polar surface area (TPSA) is 115 Å². The molecule has 1 amide bonds. The number of amides is 1. The molecule has 0 atom stereocenters. The van der Waals surface area contributed by atoms with Crippen LogP contribution in [0.25, 0.3) is 10.9 Å². The number of rotatable bonds is 7. The molecular weight excluding hydrogens is 384 g/mol. The zero-order chi connectivity index (χ0) is 20.9. The first-order chi connectivity index (χ1) is 14.6. The van der Waals surface area contributed by atoms with Gasteiger partial charge in [0.05, 0.1) is 17.4 Å². The lowest BCUT2D eigenvalue weighted by atomic mass is 10.1. The lowest BCUT2D eigenvalue weighted by Gasteiger charge is -2.10. The van der Waals surface area contributed by atoms with Crippen LogP contribution in [-0.2, 0) is 24.4 Å². The van der Waals surface area contributed by atoms with Gasteiger partial charge in [0.15, 0.2) is 0 Å². The fourth-order valence-corrected chi connectivity index (χ4v) is 3.31. The number of benzene rings is 2. The number of aryl methyl sites for hydroxylation is 1. The maximum Gasteiger partial charge on any atom is 0.328 e. The lowest BCUT2D eigenvalue weighted by Crippen LogP contribution is -2.32. The molecule has 0 unspecified atom stereocenters. The van der Waals surface area contributed by atoms with Crippen LogP contribution >= 0.6 is 0 Å². The molecule has 9 heteroatoms. The molecule has 2 aromatic carbocycles. The Morgan fingerprint density at radius 2 is 1.90 bits per heavy atom. The van der Waals surface area contributed by atoms with Crippen LogP contribution in [0.3, 0.4) is 0 Å². The maximum absolute atomic E-state index is 12.3. The normalized spacial score (nSPS) is 10.9. The van der Waals surface area contributed by atoms with Crippen LogP contribution in [0.15, 0.2) is 70.8 Å². The fraction of sp³-hybridized carbons (Fsp3) is 0.190. The van der Waals surface area contributed by atoms with Crippen molar-refractivity contribution >= 4 is 16.8 Å². The van der Waals surface area contributed by atoms with E-state index in [0.29, 0.717) is 24.0 Å². The molecular formula is C21H20N6O3. The van der Waals surface area contributed by atoms with Gasteiger partial charge in [-0.15, -0.1) is 0 Å². The first-order valence-electron chi connectivity index (χ1n) is 9.49. The molecule has 2 heterocycles. The molecule has 9 nitrogen and oxygen atoms in total. The summed E-state index contributed by atoms with van der Waals surface area (Å²) < 4.78 is 3.14. The van der Waals surface area contributed by atoms with Gasteiger partial charge in [-0.3, -0.25) is 19.1 Å². The Hall–Kier alpha value is -4.01. The molecule has 2 N–H and O–H groups in total. The van der Waals surface area contributed by atoms with Crippen LogP contribution < -0.4 is 16.6 Å². The highest BCUT2D eigenvalue weighted by molar-refractivity contribution is 5.78. The first-order valence-corrected chi connectivity index (χ1v) is 9.49. The number of nitrogens with one attached hydrogen (secondary N) is 2.